The van der Waals surface area contributed by atoms with Crippen LogP contribution in [-0.4, -0.2) is 8.42 Å². The Kier molecular flexibility index (Phi) is 5.25. The lowest BCUT2D eigenvalue weighted by Gasteiger charge is -2.06. The first-order valence-electron chi connectivity index (χ1n) is 5.82. The molecule has 2 aromatic rings. The molecular weight excluding hydrogens is 382 g/mol. The quantitative estimate of drug-likeness (QED) is 0.778. The molecular formula is C13H13BrClNO2S2. The first-order chi connectivity index (χ1) is 9.42. The number of aryl methyl sites for hydroxylation is 1. The van der Waals surface area contributed by atoms with Crippen LogP contribution in [0.4, 0.5) is 0 Å². The van der Waals surface area contributed by atoms with E-state index in [0.717, 1.165) is 20.5 Å². The fraction of sp³-hybridized carbons (Fsp3) is 0.231. The van der Waals surface area contributed by atoms with E-state index in [2.05, 4.69) is 20.7 Å². The summed E-state index contributed by atoms with van der Waals surface area (Å²) in [5.74, 6) is 0.414. The molecule has 0 aliphatic rings. The van der Waals surface area contributed by atoms with Crippen LogP contribution in [0.15, 0.2) is 38.3 Å². The Bertz CT molecular complexity index is 693. The minimum absolute atomic E-state index is 0.252. The van der Waals surface area contributed by atoms with Gasteiger partial charge in [0.15, 0.2) is 0 Å². The first-order valence-corrected chi connectivity index (χ1v) is 9.44. The molecule has 1 aromatic carbocycles. The highest BCUT2D eigenvalue weighted by atomic mass is 79.9. The third kappa shape index (κ3) is 3.83. The molecule has 1 N–H and O–H groups in total. The summed E-state index contributed by atoms with van der Waals surface area (Å²) in [5, 5.41) is 0. The summed E-state index contributed by atoms with van der Waals surface area (Å²) in [6.07, 6.45) is 0. The van der Waals surface area contributed by atoms with Crippen molar-refractivity contribution in [3.05, 3.63) is 50.8 Å². The van der Waals surface area contributed by atoms with Gasteiger partial charge in [0.2, 0.25) is 10.0 Å². The van der Waals surface area contributed by atoms with Crippen molar-refractivity contribution in [3.63, 3.8) is 0 Å². The monoisotopic (exact) mass is 393 g/mol. The van der Waals surface area contributed by atoms with Crippen LogP contribution in [0.3, 0.4) is 0 Å². The Morgan fingerprint density at radius 1 is 1.30 bits per heavy atom. The fourth-order valence-electron chi connectivity index (χ4n) is 1.64. The van der Waals surface area contributed by atoms with Crippen molar-refractivity contribution < 1.29 is 8.42 Å². The number of alkyl halides is 1. The lowest BCUT2D eigenvalue weighted by atomic mass is 10.1. The molecule has 0 unspecified atom stereocenters. The molecule has 20 heavy (non-hydrogen) atoms. The smallest absolute Gasteiger partial charge is 0.206 e. The zero-order valence-corrected chi connectivity index (χ0v) is 14.7. The predicted octanol–water partition coefficient (Wildman–Crippen LogP) is 4.04. The van der Waals surface area contributed by atoms with E-state index < -0.39 is 10.0 Å². The maximum absolute atomic E-state index is 12.2. The number of sulfonamides is 1. The third-order valence-corrected chi connectivity index (χ3v) is 7.03. The summed E-state index contributed by atoms with van der Waals surface area (Å²) in [6, 6.07) is 9.20. The zero-order chi connectivity index (χ0) is 14.8. The molecule has 0 atom stereocenters. The van der Waals surface area contributed by atoms with Crippen LogP contribution in [-0.2, 0) is 22.4 Å². The van der Waals surface area contributed by atoms with E-state index in [4.69, 9.17) is 11.6 Å². The maximum Gasteiger partial charge on any atom is 0.250 e. The van der Waals surface area contributed by atoms with Gasteiger partial charge in [0.25, 0.3) is 0 Å². The molecule has 0 saturated heterocycles. The number of benzene rings is 1. The molecule has 0 fully saturated rings. The van der Waals surface area contributed by atoms with Crippen molar-refractivity contribution in [2.24, 2.45) is 0 Å². The Labute approximate surface area is 136 Å². The second kappa shape index (κ2) is 6.58. The number of halogens is 2. The average molecular weight is 395 g/mol. The van der Waals surface area contributed by atoms with Crippen LogP contribution >= 0.6 is 38.9 Å². The van der Waals surface area contributed by atoms with Crippen molar-refractivity contribution in [1.82, 2.24) is 4.72 Å². The number of nitrogens with one attached hydrogen (secondary N) is 1. The minimum atomic E-state index is -3.47. The van der Waals surface area contributed by atoms with Gasteiger partial charge in [-0.3, -0.25) is 0 Å². The summed E-state index contributed by atoms with van der Waals surface area (Å²) in [6.45, 7) is 2.12. The highest BCUT2D eigenvalue weighted by Gasteiger charge is 2.17. The van der Waals surface area contributed by atoms with Gasteiger partial charge in [0.1, 0.15) is 4.21 Å². The van der Waals surface area contributed by atoms with E-state index in [1.807, 2.05) is 31.2 Å². The largest absolute Gasteiger partial charge is 0.250 e. The van der Waals surface area contributed by atoms with Crippen LogP contribution in [0.1, 0.15) is 16.7 Å². The minimum Gasteiger partial charge on any atom is -0.206 e. The van der Waals surface area contributed by atoms with E-state index in [-0.39, 0.29) is 6.54 Å². The summed E-state index contributed by atoms with van der Waals surface area (Å²) in [7, 11) is -3.47. The van der Waals surface area contributed by atoms with E-state index >= 15 is 0 Å². The maximum atomic E-state index is 12.2. The Balaban J connectivity index is 2.12. The van der Waals surface area contributed by atoms with Crippen LogP contribution < -0.4 is 4.72 Å². The Morgan fingerprint density at radius 2 is 2.00 bits per heavy atom. The number of hydrogen-bond acceptors (Lipinski definition) is 3. The van der Waals surface area contributed by atoms with Crippen molar-refractivity contribution >= 4 is 48.9 Å². The van der Waals surface area contributed by atoms with Gasteiger partial charge in [-0.2, -0.15) is 0 Å². The molecule has 0 bridgehead atoms. The van der Waals surface area contributed by atoms with E-state index in [1.165, 1.54) is 11.3 Å². The second-order valence-corrected chi connectivity index (χ2v) is 8.93. The first kappa shape index (κ1) is 16.0. The van der Waals surface area contributed by atoms with Gasteiger partial charge in [0.05, 0.1) is 3.79 Å². The van der Waals surface area contributed by atoms with Gasteiger partial charge in [0, 0.05) is 12.4 Å². The van der Waals surface area contributed by atoms with Crippen LogP contribution in [0.25, 0.3) is 0 Å². The lowest BCUT2D eigenvalue weighted by molar-refractivity contribution is 0.583. The summed E-state index contributed by atoms with van der Waals surface area (Å²) in [5.41, 5.74) is 2.77. The van der Waals surface area contributed by atoms with Crippen LogP contribution in [0, 0.1) is 6.92 Å². The number of rotatable bonds is 5. The van der Waals surface area contributed by atoms with Crippen molar-refractivity contribution in [2.45, 2.75) is 23.6 Å². The molecule has 0 amide bonds. The molecule has 0 spiro atoms. The summed E-state index contributed by atoms with van der Waals surface area (Å²) in [4.78, 5) is 0. The van der Waals surface area contributed by atoms with Gasteiger partial charge >= 0.3 is 0 Å². The molecule has 3 nitrogen and oxygen atoms in total. The topological polar surface area (TPSA) is 46.2 Å². The molecule has 0 aliphatic carbocycles. The van der Waals surface area contributed by atoms with Gasteiger partial charge in [-0.1, -0.05) is 24.3 Å². The highest BCUT2D eigenvalue weighted by molar-refractivity contribution is 9.11. The fourth-order valence-corrected chi connectivity index (χ4v) is 5.09. The zero-order valence-electron chi connectivity index (χ0n) is 10.7. The predicted molar refractivity (Wildman–Crippen MR) is 86.8 cm³/mol. The van der Waals surface area contributed by atoms with Gasteiger partial charge in [-0.05, 0) is 45.6 Å². The average Bonchev–Trinajstić information content (AvgIpc) is 2.78. The second-order valence-electron chi connectivity index (χ2n) is 4.30. The third-order valence-electron chi connectivity index (χ3n) is 2.71. The van der Waals surface area contributed by atoms with E-state index in [9.17, 15) is 8.42 Å². The van der Waals surface area contributed by atoms with E-state index in [1.54, 1.807) is 6.07 Å². The molecule has 2 rings (SSSR count). The van der Waals surface area contributed by atoms with Crippen molar-refractivity contribution in [2.75, 3.05) is 0 Å². The molecule has 0 saturated carbocycles. The standard InChI is InChI=1S/C13H13BrClNO2S2/c1-9-5-12(19-13(9)14)20(17,18)16-8-11-4-2-3-10(6-11)7-15/h2-6,16H,7-8H2,1H3. The van der Waals surface area contributed by atoms with Gasteiger partial charge < -0.3 is 0 Å². The van der Waals surface area contributed by atoms with Gasteiger partial charge in [-0.25, -0.2) is 13.1 Å². The molecule has 0 aliphatic heterocycles. The molecule has 108 valence electrons. The summed E-state index contributed by atoms with van der Waals surface area (Å²) >= 11 is 10.3. The normalized spacial score (nSPS) is 11.8. The van der Waals surface area contributed by atoms with Crippen molar-refractivity contribution in [1.29, 1.82) is 0 Å². The highest BCUT2D eigenvalue weighted by Crippen LogP contribution is 2.30. The molecule has 1 heterocycles. The van der Waals surface area contributed by atoms with E-state index in [0.29, 0.717) is 10.1 Å². The summed E-state index contributed by atoms with van der Waals surface area (Å²) < 4.78 is 28.1. The SMILES string of the molecule is Cc1cc(S(=O)(=O)NCc2cccc(CCl)c2)sc1Br. The van der Waals surface area contributed by atoms with Crippen molar-refractivity contribution in [3.8, 4) is 0 Å². The molecule has 1 aromatic heterocycles. The Hall–Kier alpha value is -0.400. The van der Waals surface area contributed by atoms with Crippen LogP contribution in [0.2, 0.25) is 0 Å². The lowest BCUT2D eigenvalue weighted by Crippen LogP contribution is -2.22. The van der Waals surface area contributed by atoms with Gasteiger partial charge in [-0.15, -0.1) is 22.9 Å². The number of hydrogen-bond donors (Lipinski definition) is 1. The molecule has 7 heteroatoms. The number of thiophene rings is 1. The molecule has 0 radical (unpaired) electrons. The Morgan fingerprint density at radius 3 is 2.60 bits per heavy atom. The van der Waals surface area contributed by atoms with Crippen LogP contribution in [0.5, 0.6) is 0 Å².